The molecule has 1 aromatic carbocycles. The minimum absolute atomic E-state index is 0.226. The van der Waals surface area contributed by atoms with Gasteiger partial charge in [-0.25, -0.2) is 4.79 Å². The van der Waals surface area contributed by atoms with Crippen molar-refractivity contribution in [3.8, 4) is 0 Å². The Kier molecular flexibility index (Phi) is 3.52. The van der Waals surface area contributed by atoms with E-state index in [1.54, 1.807) is 0 Å². The molecule has 0 radical (unpaired) electrons. The normalized spacial score (nSPS) is 24.1. The second kappa shape index (κ2) is 5.09. The van der Waals surface area contributed by atoms with E-state index >= 15 is 0 Å². The van der Waals surface area contributed by atoms with Crippen LogP contribution in [0.5, 0.6) is 0 Å². The highest BCUT2D eigenvalue weighted by molar-refractivity contribution is 6.30. The molecule has 0 bridgehead atoms. The third-order valence-corrected chi connectivity index (χ3v) is 4.25. The fourth-order valence-corrected chi connectivity index (χ4v) is 3.28. The first kappa shape index (κ1) is 14.5. The Morgan fingerprint density at radius 3 is 2.90 bits per heavy atom. The van der Waals surface area contributed by atoms with Gasteiger partial charge in [0.05, 0.1) is 0 Å². The maximum absolute atomic E-state index is 12.2. The van der Waals surface area contributed by atoms with Gasteiger partial charge in [-0.1, -0.05) is 11.6 Å². The number of nitrogens with zero attached hydrogens (tertiary/aromatic N) is 1. The molecule has 2 heterocycles. The molecule has 0 aliphatic carbocycles. The first-order valence-corrected chi connectivity index (χ1v) is 7.75. The number of nitrogens with one attached hydrogen (secondary N) is 1. The van der Waals surface area contributed by atoms with Gasteiger partial charge in [0.2, 0.25) is 0 Å². The summed E-state index contributed by atoms with van der Waals surface area (Å²) >= 11 is 6.11. The van der Waals surface area contributed by atoms with E-state index in [2.05, 4.69) is 5.32 Å². The number of hydrogen-bond acceptors (Lipinski definition) is 3. The second-order valence-electron chi connectivity index (χ2n) is 6.80. The fourth-order valence-electron chi connectivity index (χ4n) is 3.10. The molecule has 0 aromatic heterocycles. The summed E-state index contributed by atoms with van der Waals surface area (Å²) in [6, 6.07) is 6.31. The minimum Gasteiger partial charge on any atom is -0.444 e. The Labute approximate surface area is 130 Å². The van der Waals surface area contributed by atoms with Gasteiger partial charge in [0.15, 0.2) is 0 Å². The largest absolute Gasteiger partial charge is 0.444 e. The molecule has 0 spiro atoms. The Morgan fingerprint density at radius 1 is 1.43 bits per heavy atom. The molecule has 1 saturated heterocycles. The first-order chi connectivity index (χ1) is 9.83. The topological polar surface area (TPSA) is 41.6 Å². The predicted molar refractivity (Wildman–Crippen MR) is 84.0 cm³/mol. The van der Waals surface area contributed by atoms with Gasteiger partial charge in [0, 0.05) is 35.8 Å². The zero-order chi connectivity index (χ0) is 15.2. The highest BCUT2D eigenvalue weighted by atomic mass is 35.5. The molecule has 5 heteroatoms. The van der Waals surface area contributed by atoms with Crippen LogP contribution in [-0.4, -0.2) is 35.7 Å². The third-order valence-electron chi connectivity index (χ3n) is 4.02. The molecule has 1 fully saturated rings. The van der Waals surface area contributed by atoms with E-state index < -0.39 is 5.60 Å². The highest BCUT2D eigenvalue weighted by Crippen LogP contribution is 2.41. The molecule has 114 valence electrons. The maximum atomic E-state index is 12.2. The molecule has 1 N–H and O–H groups in total. The zero-order valence-electron chi connectivity index (χ0n) is 12.6. The summed E-state index contributed by atoms with van der Waals surface area (Å²) in [5, 5.41) is 4.28. The summed E-state index contributed by atoms with van der Waals surface area (Å²) < 4.78 is 5.48. The molecular formula is C16H21ClN2O2. The van der Waals surface area contributed by atoms with Crippen molar-refractivity contribution in [1.82, 2.24) is 4.90 Å². The Hall–Kier alpha value is -1.42. The van der Waals surface area contributed by atoms with Crippen LogP contribution in [0.2, 0.25) is 5.02 Å². The van der Waals surface area contributed by atoms with Gasteiger partial charge in [-0.05, 0) is 51.0 Å². The number of anilines is 1. The lowest BCUT2D eigenvalue weighted by atomic mass is 9.89. The van der Waals surface area contributed by atoms with Crippen LogP contribution in [0.25, 0.3) is 0 Å². The van der Waals surface area contributed by atoms with Gasteiger partial charge in [0.1, 0.15) is 5.60 Å². The minimum atomic E-state index is -0.455. The quantitative estimate of drug-likeness (QED) is 0.791. The number of halogens is 1. The lowest BCUT2D eigenvalue weighted by Crippen LogP contribution is -2.46. The van der Waals surface area contributed by atoms with Crippen molar-refractivity contribution < 1.29 is 9.53 Å². The molecule has 2 aliphatic heterocycles. The van der Waals surface area contributed by atoms with Crippen LogP contribution in [0.4, 0.5) is 10.5 Å². The van der Waals surface area contributed by atoms with Gasteiger partial charge < -0.3 is 15.0 Å². The zero-order valence-corrected chi connectivity index (χ0v) is 13.4. The average molecular weight is 309 g/mol. The van der Waals surface area contributed by atoms with Gasteiger partial charge in [-0.2, -0.15) is 0 Å². The highest BCUT2D eigenvalue weighted by Gasteiger charge is 2.39. The van der Waals surface area contributed by atoms with Crippen LogP contribution in [0.15, 0.2) is 18.2 Å². The van der Waals surface area contributed by atoms with Crippen molar-refractivity contribution in [2.24, 2.45) is 0 Å². The van der Waals surface area contributed by atoms with Crippen molar-refractivity contribution in [2.45, 2.75) is 44.8 Å². The standard InChI is InChI=1S/C16H21ClN2O2/c1-16(2,3)21-15(20)19-7-6-14-12(9-19)11-8-10(17)4-5-13(11)18-14/h4-5,8,12,14,18H,6-7,9H2,1-3H3. The first-order valence-electron chi connectivity index (χ1n) is 7.37. The van der Waals surface area contributed by atoms with E-state index in [-0.39, 0.29) is 6.09 Å². The van der Waals surface area contributed by atoms with Crippen molar-refractivity contribution >= 4 is 23.4 Å². The lowest BCUT2D eigenvalue weighted by Gasteiger charge is -2.36. The van der Waals surface area contributed by atoms with Gasteiger partial charge >= 0.3 is 6.09 Å². The summed E-state index contributed by atoms with van der Waals surface area (Å²) in [6.07, 6.45) is 0.701. The third kappa shape index (κ3) is 2.95. The van der Waals surface area contributed by atoms with E-state index in [1.807, 2.05) is 43.9 Å². The monoisotopic (exact) mass is 308 g/mol. The number of hydrogen-bond donors (Lipinski definition) is 1. The van der Waals surface area contributed by atoms with Gasteiger partial charge in [0.25, 0.3) is 0 Å². The van der Waals surface area contributed by atoms with Crippen molar-refractivity contribution in [3.05, 3.63) is 28.8 Å². The van der Waals surface area contributed by atoms with Gasteiger partial charge in [-0.3, -0.25) is 0 Å². The summed E-state index contributed by atoms with van der Waals surface area (Å²) in [5.41, 5.74) is 1.89. The summed E-state index contributed by atoms with van der Waals surface area (Å²) in [6.45, 7) is 7.09. The molecule has 3 rings (SSSR count). The van der Waals surface area contributed by atoms with E-state index in [9.17, 15) is 4.79 Å². The van der Waals surface area contributed by atoms with Crippen molar-refractivity contribution in [1.29, 1.82) is 0 Å². The SMILES string of the molecule is CC(C)(C)OC(=O)N1CCC2Nc3ccc(Cl)cc3C2C1. The molecule has 1 aromatic rings. The van der Waals surface area contributed by atoms with Crippen molar-refractivity contribution in [2.75, 3.05) is 18.4 Å². The summed E-state index contributed by atoms with van der Waals surface area (Å²) in [5.74, 6) is 0.292. The molecule has 0 saturated carbocycles. The van der Waals surface area contributed by atoms with Crippen LogP contribution in [0.3, 0.4) is 0 Å². The molecule has 1 amide bonds. The number of carbonyl (C=O) groups is 1. The lowest BCUT2D eigenvalue weighted by molar-refractivity contribution is 0.0195. The second-order valence-corrected chi connectivity index (χ2v) is 7.24. The number of benzene rings is 1. The Bertz CT molecular complexity index is 568. The molecular weight excluding hydrogens is 288 g/mol. The average Bonchev–Trinajstić information content (AvgIpc) is 2.74. The molecule has 4 nitrogen and oxygen atoms in total. The number of ether oxygens (including phenoxy) is 1. The Balaban J connectivity index is 1.76. The van der Waals surface area contributed by atoms with E-state index in [0.717, 1.165) is 23.7 Å². The fraction of sp³-hybridized carbons (Fsp3) is 0.562. The molecule has 2 unspecified atom stereocenters. The number of rotatable bonds is 0. The van der Waals surface area contributed by atoms with Crippen LogP contribution in [0, 0.1) is 0 Å². The number of piperidine rings is 1. The number of carbonyl (C=O) groups excluding carboxylic acids is 1. The van der Waals surface area contributed by atoms with Crippen LogP contribution in [-0.2, 0) is 4.74 Å². The number of fused-ring (bicyclic) bond motifs is 3. The van der Waals surface area contributed by atoms with Crippen LogP contribution in [0.1, 0.15) is 38.7 Å². The Morgan fingerprint density at radius 2 is 2.19 bits per heavy atom. The maximum Gasteiger partial charge on any atom is 0.410 e. The number of likely N-dealkylation sites (tertiary alicyclic amines) is 1. The van der Waals surface area contributed by atoms with Crippen LogP contribution < -0.4 is 5.32 Å². The van der Waals surface area contributed by atoms with E-state index in [0.29, 0.717) is 18.5 Å². The summed E-state index contributed by atoms with van der Waals surface area (Å²) in [7, 11) is 0. The van der Waals surface area contributed by atoms with E-state index in [4.69, 9.17) is 16.3 Å². The molecule has 2 atom stereocenters. The summed E-state index contributed by atoms with van der Waals surface area (Å²) in [4.78, 5) is 14.0. The number of amides is 1. The predicted octanol–water partition coefficient (Wildman–Crippen LogP) is 3.86. The van der Waals surface area contributed by atoms with Crippen LogP contribution >= 0.6 is 11.6 Å². The van der Waals surface area contributed by atoms with E-state index in [1.165, 1.54) is 5.56 Å². The molecule has 21 heavy (non-hydrogen) atoms. The molecule has 2 aliphatic rings. The smallest absolute Gasteiger partial charge is 0.410 e. The van der Waals surface area contributed by atoms with Gasteiger partial charge in [-0.15, -0.1) is 0 Å². The van der Waals surface area contributed by atoms with Crippen molar-refractivity contribution in [3.63, 3.8) is 0 Å².